The molecule has 0 aromatic heterocycles. The fraction of sp³-hybridized carbons (Fsp3) is 0.682. The van der Waals surface area contributed by atoms with Gasteiger partial charge in [0.2, 0.25) is 15.9 Å². The van der Waals surface area contributed by atoms with Crippen molar-refractivity contribution in [3.05, 3.63) is 30.3 Å². The molecular formula is C22H35N3O3S. The molecule has 2 fully saturated rings. The van der Waals surface area contributed by atoms with Gasteiger partial charge in [-0.3, -0.25) is 4.79 Å². The summed E-state index contributed by atoms with van der Waals surface area (Å²) in [4.78, 5) is 15.5. The van der Waals surface area contributed by atoms with Gasteiger partial charge in [-0.25, -0.2) is 8.42 Å². The molecule has 7 heteroatoms. The summed E-state index contributed by atoms with van der Waals surface area (Å²) >= 11 is 0. The molecule has 2 aliphatic heterocycles. The summed E-state index contributed by atoms with van der Waals surface area (Å²) in [6, 6.07) is 9.18. The van der Waals surface area contributed by atoms with Gasteiger partial charge in [-0.2, -0.15) is 4.31 Å². The van der Waals surface area contributed by atoms with E-state index in [1.165, 1.54) is 36.5 Å². The SMILES string of the molecule is CCC1CCCCN1CCCNC(=O)C1CCCN(S(=O)(=O)c2ccccc2)C1. The monoisotopic (exact) mass is 421 g/mol. The van der Waals surface area contributed by atoms with Crippen molar-refractivity contribution in [1.29, 1.82) is 0 Å². The molecule has 0 radical (unpaired) electrons. The standard InChI is InChI=1S/C22H35N3O3S/c1-2-20-11-6-7-15-24(20)16-9-14-23-22(26)19-10-8-17-25(18-19)29(27,28)21-12-4-3-5-13-21/h3-5,12-13,19-20H,2,6-11,14-18H2,1H3,(H,23,26). The minimum Gasteiger partial charge on any atom is -0.356 e. The third kappa shape index (κ3) is 5.80. The molecular weight excluding hydrogens is 386 g/mol. The lowest BCUT2D eigenvalue weighted by Crippen LogP contribution is -2.46. The van der Waals surface area contributed by atoms with Crippen molar-refractivity contribution in [2.24, 2.45) is 5.92 Å². The van der Waals surface area contributed by atoms with E-state index in [4.69, 9.17) is 0 Å². The molecule has 2 heterocycles. The van der Waals surface area contributed by atoms with Gasteiger partial charge in [0.1, 0.15) is 0 Å². The Hall–Kier alpha value is -1.44. The van der Waals surface area contributed by atoms with E-state index < -0.39 is 10.0 Å². The fourth-order valence-corrected chi connectivity index (χ4v) is 6.12. The molecule has 0 saturated carbocycles. The van der Waals surface area contributed by atoms with Crippen LogP contribution in [0, 0.1) is 5.92 Å². The van der Waals surface area contributed by atoms with E-state index in [0.717, 1.165) is 25.8 Å². The Balaban J connectivity index is 1.46. The van der Waals surface area contributed by atoms with Gasteiger partial charge < -0.3 is 10.2 Å². The number of likely N-dealkylation sites (tertiary alicyclic amines) is 1. The Morgan fingerprint density at radius 1 is 1.10 bits per heavy atom. The van der Waals surface area contributed by atoms with Crippen LogP contribution in [-0.4, -0.2) is 62.3 Å². The molecule has 2 saturated heterocycles. The maximum Gasteiger partial charge on any atom is 0.243 e. The van der Waals surface area contributed by atoms with E-state index in [9.17, 15) is 13.2 Å². The minimum atomic E-state index is -3.53. The lowest BCUT2D eigenvalue weighted by atomic mass is 9.98. The van der Waals surface area contributed by atoms with Crippen LogP contribution in [0.15, 0.2) is 35.2 Å². The normalized spacial score (nSPS) is 24.3. The first-order chi connectivity index (χ1) is 14.0. The fourth-order valence-electron chi connectivity index (χ4n) is 4.57. The van der Waals surface area contributed by atoms with Crippen molar-refractivity contribution in [3.63, 3.8) is 0 Å². The van der Waals surface area contributed by atoms with Gasteiger partial charge in [-0.05, 0) is 57.2 Å². The lowest BCUT2D eigenvalue weighted by Gasteiger charge is -2.35. The number of sulfonamides is 1. The molecule has 1 N–H and O–H groups in total. The number of carbonyl (C=O) groups is 1. The van der Waals surface area contributed by atoms with E-state index >= 15 is 0 Å². The Labute approximate surface area is 175 Å². The zero-order chi connectivity index (χ0) is 20.7. The summed E-state index contributed by atoms with van der Waals surface area (Å²) < 4.78 is 27.1. The van der Waals surface area contributed by atoms with Crippen molar-refractivity contribution in [1.82, 2.24) is 14.5 Å². The van der Waals surface area contributed by atoms with Crippen LogP contribution in [0.2, 0.25) is 0 Å². The molecule has 2 atom stereocenters. The van der Waals surface area contributed by atoms with E-state index in [1.807, 2.05) is 0 Å². The van der Waals surface area contributed by atoms with E-state index in [-0.39, 0.29) is 18.4 Å². The molecule has 162 valence electrons. The van der Waals surface area contributed by atoms with Crippen molar-refractivity contribution >= 4 is 15.9 Å². The number of rotatable bonds is 8. The van der Waals surface area contributed by atoms with Crippen LogP contribution in [0.3, 0.4) is 0 Å². The van der Waals surface area contributed by atoms with Gasteiger partial charge in [0.15, 0.2) is 0 Å². The molecule has 2 unspecified atom stereocenters. The maximum atomic E-state index is 12.8. The van der Waals surface area contributed by atoms with E-state index in [0.29, 0.717) is 24.0 Å². The highest BCUT2D eigenvalue weighted by Crippen LogP contribution is 2.24. The molecule has 1 aromatic rings. The highest BCUT2D eigenvalue weighted by atomic mass is 32.2. The predicted octanol–water partition coefficient (Wildman–Crippen LogP) is 2.86. The Morgan fingerprint density at radius 2 is 1.90 bits per heavy atom. The van der Waals surface area contributed by atoms with Crippen LogP contribution in [-0.2, 0) is 14.8 Å². The molecule has 0 bridgehead atoms. The second kappa shape index (κ2) is 10.5. The number of amides is 1. The molecule has 1 amide bonds. The first-order valence-electron chi connectivity index (χ1n) is 11.1. The van der Waals surface area contributed by atoms with Crippen LogP contribution < -0.4 is 5.32 Å². The third-order valence-corrected chi connectivity index (χ3v) is 8.16. The summed E-state index contributed by atoms with van der Waals surface area (Å²) in [5.41, 5.74) is 0. The van der Waals surface area contributed by atoms with Gasteiger partial charge >= 0.3 is 0 Å². The van der Waals surface area contributed by atoms with E-state index in [2.05, 4.69) is 17.1 Å². The van der Waals surface area contributed by atoms with Crippen LogP contribution in [0.25, 0.3) is 0 Å². The topological polar surface area (TPSA) is 69.7 Å². The molecule has 2 aliphatic rings. The van der Waals surface area contributed by atoms with Crippen molar-refractivity contribution in [2.45, 2.75) is 62.8 Å². The number of carbonyl (C=O) groups excluding carboxylic acids is 1. The lowest BCUT2D eigenvalue weighted by molar-refractivity contribution is -0.126. The molecule has 6 nitrogen and oxygen atoms in total. The van der Waals surface area contributed by atoms with Gasteiger partial charge in [0.05, 0.1) is 10.8 Å². The second-order valence-electron chi connectivity index (χ2n) is 8.25. The van der Waals surface area contributed by atoms with Crippen LogP contribution in [0.4, 0.5) is 0 Å². The number of nitrogens with zero attached hydrogens (tertiary/aromatic N) is 2. The highest BCUT2D eigenvalue weighted by Gasteiger charge is 2.33. The predicted molar refractivity (Wildman–Crippen MR) is 115 cm³/mol. The Bertz CT molecular complexity index is 754. The number of hydrogen-bond acceptors (Lipinski definition) is 4. The molecule has 3 rings (SSSR count). The largest absolute Gasteiger partial charge is 0.356 e. The summed E-state index contributed by atoms with van der Waals surface area (Å²) in [5.74, 6) is -0.274. The Kier molecular flexibility index (Phi) is 8.09. The quantitative estimate of drug-likeness (QED) is 0.656. The highest BCUT2D eigenvalue weighted by molar-refractivity contribution is 7.89. The molecule has 29 heavy (non-hydrogen) atoms. The number of benzene rings is 1. The number of nitrogens with one attached hydrogen (secondary N) is 1. The minimum absolute atomic E-state index is 0.0105. The number of hydrogen-bond donors (Lipinski definition) is 1. The van der Waals surface area contributed by atoms with Gasteiger partial charge in [0, 0.05) is 32.2 Å². The molecule has 1 aromatic carbocycles. The summed E-state index contributed by atoms with van der Waals surface area (Å²) in [5, 5.41) is 3.05. The van der Waals surface area contributed by atoms with Crippen LogP contribution in [0.1, 0.15) is 51.9 Å². The maximum absolute atomic E-state index is 12.8. The van der Waals surface area contributed by atoms with Crippen LogP contribution in [0.5, 0.6) is 0 Å². The van der Waals surface area contributed by atoms with Gasteiger partial charge in [-0.1, -0.05) is 31.5 Å². The number of piperidine rings is 2. The zero-order valence-electron chi connectivity index (χ0n) is 17.6. The zero-order valence-corrected chi connectivity index (χ0v) is 18.4. The summed E-state index contributed by atoms with van der Waals surface area (Å²) in [7, 11) is -3.53. The van der Waals surface area contributed by atoms with Gasteiger partial charge in [0.25, 0.3) is 0 Å². The summed E-state index contributed by atoms with van der Waals surface area (Å²) in [6.45, 7) is 5.86. The second-order valence-corrected chi connectivity index (χ2v) is 10.2. The Morgan fingerprint density at radius 3 is 2.66 bits per heavy atom. The smallest absolute Gasteiger partial charge is 0.243 e. The molecule has 0 aliphatic carbocycles. The van der Waals surface area contributed by atoms with Crippen LogP contribution >= 0.6 is 0 Å². The van der Waals surface area contributed by atoms with Crippen molar-refractivity contribution in [2.75, 3.05) is 32.7 Å². The average molecular weight is 422 g/mol. The third-order valence-electron chi connectivity index (χ3n) is 6.28. The van der Waals surface area contributed by atoms with E-state index in [1.54, 1.807) is 30.3 Å². The molecule has 0 spiro atoms. The van der Waals surface area contributed by atoms with Crippen molar-refractivity contribution < 1.29 is 13.2 Å². The average Bonchev–Trinajstić information content (AvgIpc) is 2.77. The summed E-state index contributed by atoms with van der Waals surface area (Å²) in [6.07, 6.45) is 7.50. The first kappa shape index (κ1) is 22.2. The van der Waals surface area contributed by atoms with Gasteiger partial charge in [-0.15, -0.1) is 0 Å². The first-order valence-corrected chi connectivity index (χ1v) is 12.5. The van der Waals surface area contributed by atoms with Crippen molar-refractivity contribution in [3.8, 4) is 0 Å².